The van der Waals surface area contributed by atoms with Crippen LogP contribution in [0.15, 0.2) is 66.2 Å². The largest absolute Gasteiger partial charge is 0.287 e. The molecule has 120 valence electrons. The Kier molecular flexibility index (Phi) is 4.62. The van der Waals surface area contributed by atoms with Crippen molar-refractivity contribution in [2.24, 2.45) is 0 Å². The molecule has 0 saturated carbocycles. The molecule has 0 atom stereocenters. The Balaban J connectivity index is 1.92. The second kappa shape index (κ2) is 7.01. The van der Waals surface area contributed by atoms with Crippen molar-refractivity contribution < 1.29 is 9.72 Å². The van der Waals surface area contributed by atoms with E-state index in [0.717, 1.165) is 4.88 Å². The van der Waals surface area contributed by atoms with Gasteiger partial charge in [0, 0.05) is 28.8 Å². The second-order valence-corrected chi connectivity index (χ2v) is 5.99. The van der Waals surface area contributed by atoms with Crippen molar-refractivity contribution in [2.45, 2.75) is 6.54 Å². The van der Waals surface area contributed by atoms with E-state index in [0.29, 0.717) is 17.9 Å². The number of hydrogen-bond donors (Lipinski definition) is 0. The van der Waals surface area contributed by atoms with Crippen LogP contribution in [0.5, 0.6) is 0 Å². The highest BCUT2D eigenvalue weighted by Crippen LogP contribution is 2.21. The normalized spacial score (nSPS) is 10.3. The van der Waals surface area contributed by atoms with Crippen LogP contribution in [0.2, 0.25) is 0 Å². The minimum Gasteiger partial charge on any atom is -0.287 e. The van der Waals surface area contributed by atoms with Gasteiger partial charge in [-0.2, -0.15) is 0 Å². The van der Waals surface area contributed by atoms with Gasteiger partial charge in [0.2, 0.25) is 0 Å². The summed E-state index contributed by atoms with van der Waals surface area (Å²) in [7, 11) is 0. The van der Waals surface area contributed by atoms with Crippen LogP contribution < -0.4 is 4.90 Å². The summed E-state index contributed by atoms with van der Waals surface area (Å²) in [5.74, 6) is 0.284. The van der Waals surface area contributed by atoms with E-state index in [-0.39, 0.29) is 11.6 Å². The number of rotatable bonds is 5. The number of hydrogen-bond acceptors (Lipinski definition) is 5. The number of carbonyl (C=O) groups is 1. The Morgan fingerprint density at radius 3 is 2.50 bits per heavy atom. The molecule has 24 heavy (non-hydrogen) atoms. The molecule has 0 unspecified atom stereocenters. The topological polar surface area (TPSA) is 76.3 Å². The van der Waals surface area contributed by atoms with Crippen LogP contribution in [0.1, 0.15) is 15.2 Å². The Hall–Kier alpha value is -3.06. The van der Waals surface area contributed by atoms with Gasteiger partial charge in [-0.25, -0.2) is 4.98 Å². The van der Waals surface area contributed by atoms with E-state index in [1.165, 1.54) is 24.3 Å². The maximum atomic E-state index is 12.9. The van der Waals surface area contributed by atoms with Gasteiger partial charge in [0.25, 0.3) is 11.6 Å². The molecule has 7 heteroatoms. The molecule has 0 bridgehead atoms. The number of benzene rings is 1. The third kappa shape index (κ3) is 3.47. The van der Waals surface area contributed by atoms with E-state index in [1.54, 1.807) is 34.6 Å². The monoisotopic (exact) mass is 339 g/mol. The first-order valence-electron chi connectivity index (χ1n) is 7.15. The molecular weight excluding hydrogens is 326 g/mol. The van der Waals surface area contributed by atoms with Crippen molar-refractivity contribution in [1.29, 1.82) is 0 Å². The molecule has 0 aliphatic heterocycles. The lowest BCUT2D eigenvalue weighted by Crippen LogP contribution is -2.30. The predicted molar refractivity (Wildman–Crippen MR) is 92.2 cm³/mol. The summed E-state index contributed by atoms with van der Waals surface area (Å²) in [5, 5.41) is 12.7. The summed E-state index contributed by atoms with van der Waals surface area (Å²) >= 11 is 1.55. The standard InChI is InChI=1S/C17H13N3O3S/c21-17(13-6-8-14(9-7-13)20(22)23)19(12-15-4-3-11-24-15)16-5-1-2-10-18-16/h1-11H,12H2. The summed E-state index contributed by atoms with van der Waals surface area (Å²) in [4.78, 5) is 30.0. The van der Waals surface area contributed by atoms with Crippen LogP contribution in [0.4, 0.5) is 11.5 Å². The molecule has 3 aromatic rings. The van der Waals surface area contributed by atoms with Gasteiger partial charge in [-0.1, -0.05) is 12.1 Å². The Morgan fingerprint density at radius 1 is 1.12 bits per heavy atom. The average molecular weight is 339 g/mol. The predicted octanol–water partition coefficient (Wildman–Crippen LogP) is 3.90. The number of nitrogens with zero attached hydrogens (tertiary/aromatic N) is 3. The Bertz CT molecular complexity index is 833. The van der Waals surface area contributed by atoms with E-state index < -0.39 is 4.92 Å². The fraction of sp³-hybridized carbons (Fsp3) is 0.0588. The lowest BCUT2D eigenvalue weighted by Gasteiger charge is -2.21. The van der Waals surface area contributed by atoms with E-state index in [1.807, 2.05) is 23.6 Å². The third-order valence-electron chi connectivity index (χ3n) is 3.39. The van der Waals surface area contributed by atoms with Crippen molar-refractivity contribution in [3.05, 3.63) is 86.7 Å². The summed E-state index contributed by atoms with van der Waals surface area (Å²) < 4.78 is 0. The first kappa shape index (κ1) is 15.8. The maximum Gasteiger partial charge on any atom is 0.269 e. The smallest absolute Gasteiger partial charge is 0.269 e. The minimum absolute atomic E-state index is 0.0470. The number of nitro benzene ring substituents is 1. The highest BCUT2D eigenvalue weighted by Gasteiger charge is 2.20. The number of amides is 1. The van der Waals surface area contributed by atoms with Crippen LogP contribution in [0.25, 0.3) is 0 Å². The molecule has 0 fully saturated rings. The number of pyridine rings is 1. The zero-order valence-electron chi connectivity index (χ0n) is 12.5. The number of aromatic nitrogens is 1. The molecule has 0 saturated heterocycles. The number of non-ortho nitro benzene ring substituents is 1. The lowest BCUT2D eigenvalue weighted by atomic mass is 10.1. The fourth-order valence-corrected chi connectivity index (χ4v) is 2.90. The molecule has 0 radical (unpaired) electrons. The Morgan fingerprint density at radius 2 is 1.92 bits per heavy atom. The third-order valence-corrected chi connectivity index (χ3v) is 4.25. The molecule has 0 spiro atoms. The molecule has 1 aromatic carbocycles. The van der Waals surface area contributed by atoms with Crippen molar-refractivity contribution in [3.63, 3.8) is 0 Å². The molecule has 3 rings (SSSR count). The molecule has 2 aromatic heterocycles. The maximum absolute atomic E-state index is 12.9. The van der Waals surface area contributed by atoms with Gasteiger partial charge in [-0.3, -0.25) is 19.8 Å². The van der Waals surface area contributed by atoms with Crippen LogP contribution in [-0.4, -0.2) is 15.8 Å². The number of anilines is 1. The van der Waals surface area contributed by atoms with Gasteiger partial charge in [-0.05, 0) is 35.7 Å². The molecule has 0 aliphatic carbocycles. The summed E-state index contributed by atoms with van der Waals surface area (Å²) in [6.45, 7) is 0.393. The second-order valence-electron chi connectivity index (χ2n) is 4.96. The summed E-state index contributed by atoms with van der Waals surface area (Å²) in [6, 6.07) is 14.8. The number of nitro groups is 1. The highest BCUT2D eigenvalue weighted by atomic mass is 32.1. The fourth-order valence-electron chi connectivity index (χ4n) is 2.21. The van der Waals surface area contributed by atoms with E-state index in [4.69, 9.17) is 0 Å². The van der Waals surface area contributed by atoms with Gasteiger partial charge in [0.15, 0.2) is 0 Å². The van der Waals surface area contributed by atoms with Gasteiger partial charge >= 0.3 is 0 Å². The zero-order chi connectivity index (χ0) is 16.9. The van der Waals surface area contributed by atoms with Crippen molar-refractivity contribution in [2.75, 3.05) is 4.90 Å². The van der Waals surface area contributed by atoms with Gasteiger partial charge in [0.1, 0.15) is 5.82 Å². The van der Waals surface area contributed by atoms with Crippen molar-refractivity contribution >= 4 is 28.7 Å². The quantitative estimate of drug-likeness (QED) is 0.522. The average Bonchev–Trinajstić information content (AvgIpc) is 3.13. The Labute approximate surface area is 142 Å². The van der Waals surface area contributed by atoms with E-state index >= 15 is 0 Å². The van der Waals surface area contributed by atoms with Gasteiger partial charge in [-0.15, -0.1) is 11.3 Å². The molecule has 2 heterocycles. The van der Waals surface area contributed by atoms with Crippen molar-refractivity contribution in [3.8, 4) is 0 Å². The van der Waals surface area contributed by atoms with Crippen LogP contribution in [0, 0.1) is 10.1 Å². The number of thiophene rings is 1. The van der Waals surface area contributed by atoms with Crippen LogP contribution in [0.3, 0.4) is 0 Å². The molecule has 1 amide bonds. The summed E-state index contributed by atoms with van der Waals surface area (Å²) in [5.41, 5.74) is 0.331. The molecule has 6 nitrogen and oxygen atoms in total. The van der Waals surface area contributed by atoms with Crippen LogP contribution in [-0.2, 0) is 6.54 Å². The highest BCUT2D eigenvalue weighted by molar-refractivity contribution is 7.09. The van der Waals surface area contributed by atoms with Gasteiger partial charge < -0.3 is 0 Å². The van der Waals surface area contributed by atoms with E-state index in [9.17, 15) is 14.9 Å². The summed E-state index contributed by atoms with van der Waals surface area (Å²) in [6.07, 6.45) is 1.62. The SMILES string of the molecule is O=C(c1ccc([N+](=O)[O-])cc1)N(Cc1cccs1)c1ccccn1. The van der Waals surface area contributed by atoms with Crippen LogP contribution >= 0.6 is 11.3 Å². The minimum atomic E-state index is -0.490. The lowest BCUT2D eigenvalue weighted by molar-refractivity contribution is -0.384. The molecule has 0 N–H and O–H groups in total. The molecular formula is C17H13N3O3S. The zero-order valence-corrected chi connectivity index (χ0v) is 13.3. The first-order valence-corrected chi connectivity index (χ1v) is 8.03. The van der Waals surface area contributed by atoms with Gasteiger partial charge in [0.05, 0.1) is 11.5 Å². The molecule has 0 aliphatic rings. The van der Waals surface area contributed by atoms with E-state index in [2.05, 4.69) is 4.98 Å². The first-order chi connectivity index (χ1) is 11.6. The number of carbonyl (C=O) groups excluding carboxylic acids is 1. The van der Waals surface area contributed by atoms with Crippen molar-refractivity contribution in [1.82, 2.24) is 4.98 Å².